The van der Waals surface area contributed by atoms with Crippen molar-refractivity contribution in [2.24, 2.45) is 0 Å². The second-order valence-corrected chi connectivity index (χ2v) is 16.8. The molecule has 6 saturated heterocycles. The van der Waals surface area contributed by atoms with Crippen molar-refractivity contribution >= 4 is 5.97 Å². The van der Waals surface area contributed by atoms with Crippen molar-refractivity contribution in [3.8, 4) is 0 Å². The predicted octanol–water partition coefficient (Wildman–Crippen LogP) is -14.0. The minimum atomic E-state index is -2.45. The highest BCUT2D eigenvalue weighted by Gasteiger charge is 2.59. The largest absolute Gasteiger partial charge is 0.479 e. The monoisotopic (exact) mass is 1000 g/mol. The molecular formula is C36H60O32. The van der Waals surface area contributed by atoms with Crippen molar-refractivity contribution in [3.63, 3.8) is 0 Å². The van der Waals surface area contributed by atoms with Gasteiger partial charge < -0.3 is 154 Å². The predicted molar refractivity (Wildman–Crippen MR) is 200 cm³/mol. The Morgan fingerprint density at radius 3 is 1.25 bits per heavy atom. The van der Waals surface area contributed by atoms with E-state index < -0.39 is 223 Å². The molecule has 0 aromatic rings. The average molecular weight is 1000 g/mol. The number of aliphatic carboxylic acids is 1. The van der Waals surface area contributed by atoms with Gasteiger partial charge in [-0.3, -0.25) is 0 Å². The topological polar surface area (TPSA) is 523 Å². The average Bonchev–Trinajstić information content (AvgIpc) is 3.32. The Morgan fingerprint density at radius 2 is 0.721 bits per heavy atom. The van der Waals surface area contributed by atoms with Crippen LogP contribution in [0.15, 0.2) is 0 Å². The van der Waals surface area contributed by atoms with Gasteiger partial charge in [-0.05, 0) is 0 Å². The minimum Gasteiger partial charge on any atom is -0.479 e. The lowest BCUT2D eigenvalue weighted by atomic mass is 9.95. The molecule has 0 spiro atoms. The van der Waals surface area contributed by atoms with Gasteiger partial charge in [-0.15, -0.1) is 0 Å². The van der Waals surface area contributed by atoms with Crippen LogP contribution in [-0.2, 0) is 56.9 Å². The Kier molecular flexibility index (Phi) is 19.2. The van der Waals surface area contributed by atoms with Gasteiger partial charge in [-0.2, -0.15) is 0 Å². The van der Waals surface area contributed by atoms with Crippen LogP contribution in [0.3, 0.4) is 0 Å². The Balaban J connectivity index is 1.28. The molecule has 6 aliphatic rings. The SMILES string of the molecule is O=C(O)[C@H]1O[C@H](O[C@H]2[C@H](O[C@H]3[C@H](O)[C@@H](O)[C@H](OC[C@H]4OC(O)[C@H](O)[C@@H](O)[C@H]4O)O[C@@H]3CO)O[C@H](CO)[C@H](O)[C@@H]2O[C@@H]2O[C@H](CO)[C@H](O)[C@H](O)[C@H]2O)[C@H](O)[C@@H](O)[C@@H]1O[C@@H]1O[C@H](CO)[C@@H](O)[C@H](O)[C@H]1O. The fraction of sp³-hybridized carbons (Fsp3) is 0.972. The molecular weight excluding hydrogens is 944 g/mol. The quantitative estimate of drug-likeness (QED) is 0.0683. The van der Waals surface area contributed by atoms with Gasteiger partial charge in [0.1, 0.15) is 140 Å². The maximum atomic E-state index is 12.6. The molecule has 32 heteroatoms. The molecule has 0 radical (unpaired) electrons. The molecule has 0 bridgehead atoms. The summed E-state index contributed by atoms with van der Waals surface area (Å²) in [7, 11) is 0. The molecule has 6 aliphatic heterocycles. The summed E-state index contributed by atoms with van der Waals surface area (Å²) in [5.41, 5.74) is 0. The fourth-order valence-electron chi connectivity index (χ4n) is 8.35. The number of aliphatic hydroxyl groups is 19. The third-order valence-corrected chi connectivity index (χ3v) is 12.4. The second kappa shape index (κ2) is 23.4. The fourth-order valence-corrected chi connectivity index (χ4v) is 8.35. The molecule has 20 N–H and O–H groups in total. The summed E-state index contributed by atoms with van der Waals surface area (Å²) < 4.78 is 61.0. The maximum Gasteiger partial charge on any atom is 0.335 e. The van der Waals surface area contributed by atoms with Crippen LogP contribution < -0.4 is 0 Å². The lowest BCUT2D eigenvalue weighted by molar-refractivity contribution is -0.409. The zero-order chi connectivity index (χ0) is 50.2. The minimum absolute atomic E-state index is 0.782. The van der Waals surface area contributed by atoms with Crippen LogP contribution in [0.4, 0.5) is 0 Å². The highest BCUT2D eigenvalue weighted by molar-refractivity contribution is 5.73. The molecule has 6 heterocycles. The number of rotatable bonds is 16. The van der Waals surface area contributed by atoms with Crippen LogP contribution >= 0.6 is 0 Å². The first-order valence-corrected chi connectivity index (χ1v) is 21.1. The zero-order valence-electron chi connectivity index (χ0n) is 35.2. The van der Waals surface area contributed by atoms with E-state index in [1.165, 1.54) is 0 Å². The van der Waals surface area contributed by atoms with Gasteiger partial charge in [-0.25, -0.2) is 4.79 Å². The van der Waals surface area contributed by atoms with Crippen LogP contribution in [0.5, 0.6) is 0 Å². The Labute approximate surface area is 382 Å². The number of aliphatic hydroxyl groups excluding tert-OH is 19. The standard InChI is InChI=1S/C36H60O32/c37-1-6-11(41)16(46)21(51)33(60-6)65-26-14(44)8(3-39)62-36(64-25-9(4-40)63-32(23(53)18(25)48)58-5-10-13(43)15(45)20(50)31(57)59-10)29(26)68-35-24(54)19(49)27(28(67-35)30(55)56)66-34-22(52)17(47)12(42)7(2-38)61-34/h6-29,31-54,57H,1-5H2,(H,55,56)/t6-,7-,8-,9-,10-,11+,12-,13+,14+,15+,16+,17+,18-,19-,20-,21-,22-,23-,24-,25-,26+,27+,28+,29-,31?,32-,33+,34+,35-,36+/m1/s1. The molecule has 32 nitrogen and oxygen atoms in total. The van der Waals surface area contributed by atoms with E-state index in [1.54, 1.807) is 0 Å². The van der Waals surface area contributed by atoms with Crippen molar-refractivity contribution in [1.29, 1.82) is 0 Å². The van der Waals surface area contributed by atoms with E-state index in [9.17, 15) is 107 Å². The third-order valence-electron chi connectivity index (χ3n) is 12.4. The van der Waals surface area contributed by atoms with E-state index in [0.717, 1.165) is 0 Å². The van der Waals surface area contributed by atoms with Gasteiger partial charge in [0.05, 0.1) is 33.0 Å². The number of ether oxygens (including phenoxy) is 11. The van der Waals surface area contributed by atoms with E-state index in [2.05, 4.69) is 0 Å². The summed E-state index contributed by atoms with van der Waals surface area (Å²) in [6, 6.07) is 0. The number of carboxylic acid groups (broad SMARTS) is 1. The Hall–Kier alpha value is -1.73. The van der Waals surface area contributed by atoms with Crippen molar-refractivity contribution in [2.75, 3.05) is 33.0 Å². The van der Waals surface area contributed by atoms with Gasteiger partial charge in [0.25, 0.3) is 0 Å². The van der Waals surface area contributed by atoms with Gasteiger partial charge in [0.15, 0.2) is 43.8 Å². The van der Waals surface area contributed by atoms with Crippen molar-refractivity contribution in [2.45, 2.75) is 184 Å². The summed E-state index contributed by atoms with van der Waals surface area (Å²) in [5, 5.41) is 210. The normalized spacial score (nSPS) is 52.7. The molecule has 6 rings (SSSR count). The Bertz CT molecular complexity index is 1580. The first-order valence-electron chi connectivity index (χ1n) is 21.1. The summed E-state index contributed by atoms with van der Waals surface area (Å²) in [5.74, 6) is -1.95. The molecule has 396 valence electrons. The van der Waals surface area contributed by atoms with E-state index in [-0.39, 0.29) is 0 Å². The summed E-state index contributed by atoms with van der Waals surface area (Å²) in [4.78, 5) is 12.6. The number of carbonyl (C=O) groups is 1. The molecule has 0 aliphatic carbocycles. The van der Waals surface area contributed by atoms with Gasteiger partial charge >= 0.3 is 5.97 Å². The van der Waals surface area contributed by atoms with Crippen LogP contribution in [-0.4, -0.2) is 325 Å². The summed E-state index contributed by atoms with van der Waals surface area (Å²) in [6.45, 7) is -4.90. The number of hydrogen-bond acceptors (Lipinski definition) is 31. The summed E-state index contributed by atoms with van der Waals surface area (Å²) in [6.07, 6.45) is -61.6. The van der Waals surface area contributed by atoms with Crippen LogP contribution in [0.25, 0.3) is 0 Å². The van der Waals surface area contributed by atoms with Crippen molar-refractivity contribution in [3.05, 3.63) is 0 Å². The van der Waals surface area contributed by atoms with Crippen LogP contribution in [0.2, 0.25) is 0 Å². The lowest BCUT2D eigenvalue weighted by Gasteiger charge is -2.51. The third kappa shape index (κ3) is 11.2. The van der Waals surface area contributed by atoms with E-state index in [4.69, 9.17) is 52.1 Å². The van der Waals surface area contributed by atoms with Crippen LogP contribution in [0.1, 0.15) is 0 Å². The van der Waals surface area contributed by atoms with Crippen LogP contribution in [0, 0.1) is 0 Å². The van der Waals surface area contributed by atoms with E-state index in [0.29, 0.717) is 0 Å². The molecule has 30 atom stereocenters. The molecule has 1 unspecified atom stereocenters. The van der Waals surface area contributed by atoms with Crippen molar-refractivity contribution < 1.29 is 159 Å². The zero-order valence-corrected chi connectivity index (χ0v) is 35.2. The number of hydrogen-bond donors (Lipinski definition) is 20. The van der Waals surface area contributed by atoms with Gasteiger partial charge in [0.2, 0.25) is 0 Å². The highest BCUT2D eigenvalue weighted by Crippen LogP contribution is 2.37. The molecule has 0 aromatic carbocycles. The molecule has 0 saturated carbocycles. The molecule has 68 heavy (non-hydrogen) atoms. The van der Waals surface area contributed by atoms with Gasteiger partial charge in [-0.1, -0.05) is 0 Å². The molecule has 0 aromatic heterocycles. The first kappa shape index (κ1) is 55.6. The Morgan fingerprint density at radius 1 is 0.338 bits per heavy atom. The smallest absolute Gasteiger partial charge is 0.335 e. The highest BCUT2D eigenvalue weighted by atomic mass is 16.8. The maximum absolute atomic E-state index is 12.6. The molecule has 6 fully saturated rings. The summed E-state index contributed by atoms with van der Waals surface area (Å²) >= 11 is 0. The van der Waals surface area contributed by atoms with E-state index in [1.807, 2.05) is 0 Å². The second-order valence-electron chi connectivity index (χ2n) is 16.8. The molecule has 0 amide bonds. The van der Waals surface area contributed by atoms with E-state index >= 15 is 0 Å². The first-order chi connectivity index (χ1) is 32.1. The van der Waals surface area contributed by atoms with Gasteiger partial charge in [0, 0.05) is 0 Å². The lowest BCUT2D eigenvalue weighted by Crippen LogP contribution is -2.69. The number of carboxylic acids is 1. The van der Waals surface area contributed by atoms with Crippen molar-refractivity contribution in [1.82, 2.24) is 0 Å².